The number of benzene rings is 1. The fraction of sp³-hybridized carbons (Fsp3) is 0.500. The monoisotopic (exact) mass is 232 g/mol. The van der Waals surface area contributed by atoms with E-state index in [1.165, 1.54) is 13.2 Å². The van der Waals surface area contributed by atoms with Gasteiger partial charge in [-0.3, -0.25) is 0 Å². The molecule has 0 saturated carbocycles. The summed E-state index contributed by atoms with van der Waals surface area (Å²) >= 11 is 0. The quantitative estimate of drug-likeness (QED) is 0.767. The van der Waals surface area contributed by atoms with Crippen molar-refractivity contribution >= 4 is 0 Å². The number of halogens is 3. The molecular weight excluding hydrogens is 217 g/mol. The van der Waals surface area contributed by atoms with Gasteiger partial charge in [-0.05, 0) is 30.0 Å². The van der Waals surface area contributed by atoms with Crippen molar-refractivity contribution in [1.82, 2.24) is 0 Å². The summed E-state index contributed by atoms with van der Waals surface area (Å²) in [7, 11) is 1.39. The van der Waals surface area contributed by atoms with Crippen LogP contribution in [0.15, 0.2) is 18.2 Å². The van der Waals surface area contributed by atoms with Gasteiger partial charge < -0.3 is 4.74 Å². The molecule has 0 fully saturated rings. The predicted molar refractivity (Wildman–Crippen MR) is 56.5 cm³/mol. The summed E-state index contributed by atoms with van der Waals surface area (Å²) in [6.07, 6.45) is -3.61. The van der Waals surface area contributed by atoms with E-state index < -0.39 is 11.7 Å². The summed E-state index contributed by atoms with van der Waals surface area (Å²) in [5.41, 5.74) is 0.141. The summed E-state index contributed by atoms with van der Waals surface area (Å²) < 4.78 is 42.3. The molecule has 4 heteroatoms. The zero-order chi connectivity index (χ0) is 12.3. The lowest BCUT2D eigenvalue weighted by Crippen LogP contribution is -2.06. The fourth-order valence-electron chi connectivity index (χ4n) is 1.53. The number of ether oxygens (including phenoxy) is 1. The Hall–Kier alpha value is -1.19. The first-order valence-corrected chi connectivity index (χ1v) is 5.08. The molecule has 0 aliphatic carbocycles. The number of hydrogen-bond acceptors (Lipinski definition) is 1. The molecule has 16 heavy (non-hydrogen) atoms. The van der Waals surface area contributed by atoms with Crippen LogP contribution in [-0.4, -0.2) is 7.11 Å². The van der Waals surface area contributed by atoms with E-state index in [2.05, 4.69) is 0 Å². The van der Waals surface area contributed by atoms with E-state index >= 15 is 0 Å². The maximum atomic E-state index is 12.4. The maximum Gasteiger partial charge on any atom is 0.416 e. The second-order valence-electron chi connectivity index (χ2n) is 4.12. The van der Waals surface area contributed by atoms with Crippen LogP contribution in [0.25, 0.3) is 0 Å². The topological polar surface area (TPSA) is 9.23 Å². The van der Waals surface area contributed by atoms with Gasteiger partial charge in [0, 0.05) is 0 Å². The van der Waals surface area contributed by atoms with E-state index in [-0.39, 0.29) is 0 Å². The van der Waals surface area contributed by atoms with E-state index in [0.29, 0.717) is 18.1 Å². The molecule has 0 bridgehead atoms. The average Bonchev–Trinajstić information content (AvgIpc) is 2.15. The molecule has 90 valence electrons. The highest BCUT2D eigenvalue weighted by molar-refractivity contribution is 5.38. The molecule has 1 aromatic rings. The second kappa shape index (κ2) is 4.76. The Balaban J connectivity index is 3.07. The van der Waals surface area contributed by atoms with Gasteiger partial charge in [0.15, 0.2) is 0 Å². The van der Waals surface area contributed by atoms with Gasteiger partial charge in [-0.25, -0.2) is 0 Å². The van der Waals surface area contributed by atoms with Gasteiger partial charge in [0.1, 0.15) is 5.75 Å². The molecule has 0 saturated heterocycles. The molecule has 1 rings (SSSR count). The Bertz CT molecular complexity index is 356. The Morgan fingerprint density at radius 1 is 1.25 bits per heavy atom. The largest absolute Gasteiger partial charge is 0.496 e. The molecule has 0 aliphatic rings. The van der Waals surface area contributed by atoms with Crippen LogP contribution in [-0.2, 0) is 12.6 Å². The van der Waals surface area contributed by atoms with Gasteiger partial charge in [-0.2, -0.15) is 13.2 Å². The van der Waals surface area contributed by atoms with Crippen molar-refractivity contribution in [2.24, 2.45) is 5.92 Å². The maximum absolute atomic E-state index is 12.4. The third-order valence-electron chi connectivity index (χ3n) is 2.24. The van der Waals surface area contributed by atoms with Crippen LogP contribution in [0.2, 0.25) is 0 Å². The summed E-state index contributed by atoms with van der Waals surface area (Å²) in [5, 5.41) is 0. The molecule has 0 atom stereocenters. The zero-order valence-electron chi connectivity index (χ0n) is 9.56. The van der Waals surface area contributed by atoms with Gasteiger partial charge >= 0.3 is 6.18 Å². The molecule has 0 N–H and O–H groups in total. The normalized spacial score (nSPS) is 11.9. The fourth-order valence-corrected chi connectivity index (χ4v) is 1.53. The SMILES string of the molecule is COc1cc(C(F)(F)F)ccc1CC(C)C. The minimum Gasteiger partial charge on any atom is -0.496 e. The van der Waals surface area contributed by atoms with E-state index in [4.69, 9.17) is 4.74 Å². The average molecular weight is 232 g/mol. The summed E-state index contributed by atoms with van der Waals surface area (Å²) in [6.45, 7) is 4.02. The van der Waals surface area contributed by atoms with Crippen LogP contribution >= 0.6 is 0 Å². The van der Waals surface area contributed by atoms with E-state index in [9.17, 15) is 13.2 Å². The first-order chi connectivity index (χ1) is 7.34. The highest BCUT2D eigenvalue weighted by atomic mass is 19.4. The summed E-state index contributed by atoms with van der Waals surface area (Å²) in [4.78, 5) is 0. The van der Waals surface area contributed by atoms with Gasteiger partial charge in [-0.15, -0.1) is 0 Å². The van der Waals surface area contributed by atoms with E-state index in [1.54, 1.807) is 0 Å². The molecule has 0 amide bonds. The smallest absolute Gasteiger partial charge is 0.416 e. The third-order valence-corrected chi connectivity index (χ3v) is 2.24. The first kappa shape index (κ1) is 12.9. The Morgan fingerprint density at radius 3 is 2.31 bits per heavy atom. The van der Waals surface area contributed by atoms with Crippen LogP contribution in [0.5, 0.6) is 5.75 Å². The Labute approximate surface area is 93.2 Å². The van der Waals surface area contributed by atoms with Gasteiger partial charge in [-0.1, -0.05) is 19.9 Å². The lowest BCUT2D eigenvalue weighted by atomic mass is 10.0. The van der Waals surface area contributed by atoms with Crippen molar-refractivity contribution in [3.05, 3.63) is 29.3 Å². The number of alkyl halides is 3. The first-order valence-electron chi connectivity index (χ1n) is 5.08. The molecule has 1 aromatic carbocycles. The van der Waals surface area contributed by atoms with Crippen molar-refractivity contribution < 1.29 is 17.9 Å². The highest BCUT2D eigenvalue weighted by Gasteiger charge is 2.31. The van der Waals surface area contributed by atoms with Crippen molar-refractivity contribution in [3.8, 4) is 5.75 Å². The molecule has 0 radical (unpaired) electrons. The van der Waals surface area contributed by atoms with Gasteiger partial charge in [0.25, 0.3) is 0 Å². The van der Waals surface area contributed by atoms with Gasteiger partial charge in [0.05, 0.1) is 12.7 Å². The molecule has 0 spiro atoms. The van der Waals surface area contributed by atoms with Crippen molar-refractivity contribution in [2.75, 3.05) is 7.11 Å². The molecule has 1 nitrogen and oxygen atoms in total. The minimum atomic E-state index is -4.32. The second-order valence-corrected chi connectivity index (χ2v) is 4.12. The van der Waals surface area contributed by atoms with Crippen LogP contribution in [0.4, 0.5) is 13.2 Å². The third kappa shape index (κ3) is 3.15. The number of methoxy groups -OCH3 is 1. The Kier molecular flexibility index (Phi) is 3.83. The minimum absolute atomic E-state index is 0.309. The van der Waals surface area contributed by atoms with E-state index in [0.717, 1.165) is 17.7 Å². The molecular formula is C12H15F3O. The highest BCUT2D eigenvalue weighted by Crippen LogP contribution is 2.33. The van der Waals surface area contributed by atoms with Crippen LogP contribution in [0, 0.1) is 5.92 Å². The molecule has 0 aliphatic heterocycles. The van der Waals surface area contributed by atoms with Gasteiger partial charge in [0.2, 0.25) is 0 Å². The molecule has 0 heterocycles. The summed E-state index contributed by atoms with van der Waals surface area (Å²) in [6, 6.07) is 3.64. The van der Waals surface area contributed by atoms with Crippen molar-refractivity contribution in [1.29, 1.82) is 0 Å². The molecule has 0 aromatic heterocycles. The van der Waals surface area contributed by atoms with Crippen molar-refractivity contribution in [3.63, 3.8) is 0 Å². The van der Waals surface area contributed by atoms with E-state index in [1.807, 2.05) is 13.8 Å². The van der Waals surface area contributed by atoms with Crippen molar-refractivity contribution in [2.45, 2.75) is 26.4 Å². The van der Waals surface area contributed by atoms with Crippen LogP contribution in [0.3, 0.4) is 0 Å². The number of hydrogen-bond donors (Lipinski definition) is 0. The molecule has 0 unspecified atom stereocenters. The Morgan fingerprint density at radius 2 is 1.88 bits per heavy atom. The van der Waals surface area contributed by atoms with Crippen LogP contribution < -0.4 is 4.74 Å². The summed E-state index contributed by atoms with van der Waals surface area (Å²) in [5.74, 6) is 0.689. The lowest BCUT2D eigenvalue weighted by Gasteiger charge is -2.13. The lowest BCUT2D eigenvalue weighted by molar-refractivity contribution is -0.137. The zero-order valence-corrected chi connectivity index (χ0v) is 9.56. The van der Waals surface area contributed by atoms with Crippen LogP contribution in [0.1, 0.15) is 25.0 Å². The predicted octanol–water partition coefficient (Wildman–Crippen LogP) is 3.91. The number of rotatable bonds is 3. The standard InChI is InChI=1S/C12H15F3O/c1-8(2)6-9-4-5-10(12(13,14)15)7-11(9)16-3/h4-5,7-8H,6H2,1-3H3.